The maximum atomic E-state index is 11.6. The number of hydrogen-bond donors (Lipinski definition) is 0. The number of hydrogen-bond acceptors (Lipinski definition) is 3. The van der Waals surface area contributed by atoms with Gasteiger partial charge in [0.1, 0.15) is 12.4 Å². The summed E-state index contributed by atoms with van der Waals surface area (Å²) in [6, 6.07) is 14.6. The average Bonchev–Trinajstić information content (AvgIpc) is 2.46. The zero-order valence-electron chi connectivity index (χ0n) is 10.9. The summed E-state index contributed by atoms with van der Waals surface area (Å²) in [7, 11) is 0. The lowest BCUT2D eigenvalue weighted by molar-refractivity contribution is 0.101. The van der Waals surface area contributed by atoms with E-state index in [0.717, 1.165) is 10.0 Å². The molecule has 0 saturated heterocycles. The van der Waals surface area contributed by atoms with Crippen molar-refractivity contribution in [3.63, 3.8) is 0 Å². The van der Waals surface area contributed by atoms with Gasteiger partial charge in [0.15, 0.2) is 5.78 Å². The van der Waals surface area contributed by atoms with Gasteiger partial charge in [-0.3, -0.25) is 4.79 Å². The van der Waals surface area contributed by atoms with Gasteiger partial charge in [-0.25, -0.2) is 0 Å². The number of halogens is 1. The minimum atomic E-state index is -0.0406. The Kier molecular flexibility index (Phi) is 4.54. The van der Waals surface area contributed by atoms with Crippen molar-refractivity contribution in [2.24, 2.45) is 0 Å². The molecule has 0 spiro atoms. The molecule has 0 saturated carbocycles. The summed E-state index contributed by atoms with van der Waals surface area (Å²) in [6.07, 6.45) is 0. The van der Waals surface area contributed by atoms with Crippen molar-refractivity contribution >= 4 is 21.7 Å². The van der Waals surface area contributed by atoms with Gasteiger partial charge in [0.25, 0.3) is 0 Å². The summed E-state index contributed by atoms with van der Waals surface area (Å²) >= 11 is 3.34. The van der Waals surface area contributed by atoms with Crippen molar-refractivity contribution in [3.05, 3.63) is 63.6 Å². The lowest BCUT2D eigenvalue weighted by atomic mass is 10.1. The number of carbonyl (C=O) groups excluding carboxylic acids is 1. The smallest absolute Gasteiger partial charge is 0.163 e. The van der Waals surface area contributed by atoms with Crippen molar-refractivity contribution in [1.82, 2.24) is 0 Å². The van der Waals surface area contributed by atoms with Crippen LogP contribution in [0.25, 0.3) is 0 Å². The lowest BCUT2D eigenvalue weighted by Crippen LogP contribution is -2.01. The zero-order valence-corrected chi connectivity index (χ0v) is 12.5. The molecule has 0 fully saturated rings. The quantitative estimate of drug-likeness (QED) is 0.793. The molecule has 0 bridgehead atoms. The zero-order chi connectivity index (χ0) is 14.5. The van der Waals surface area contributed by atoms with E-state index in [2.05, 4.69) is 22.0 Å². The predicted octanol–water partition coefficient (Wildman–Crippen LogP) is 4.10. The van der Waals surface area contributed by atoms with E-state index in [1.807, 2.05) is 18.2 Å². The van der Waals surface area contributed by atoms with E-state index < -0.39 is 0 Å². The van der Waals surface area contributed by atoms with Crippen LogP contribution in [0.4, 0.5) is 0 Å². The predicted molar refractivity (Wildman–Crippen MR) is 79.6 cm³/mol. The van der Waals surface area contributed by atoms with Gasteiger partial charge >= 0.3 is 0 Å². The van der Waals surface area contributed by atoms with E-state index in [1.165, 1.54) is 6.92 Å². The lowest BCUT2D eigenvalue weighted by Gasteiger charge is -2.10. The number of rotatable bonds is 4. The first-order chi connectivity index (χ1) is 9.60. The number of carbonyl (C=O) groups is 1. The molecule has 0 aliphatic heterocycles. The largest absolute Gasteiger partial charge is 0.488 e. The van der Waals surface area contributed by atoms with Gasteiger partial charge in [-0.05, 0) is 42.8 Å². The Hall–Kier alpha value is -2.12. The van der Waals surface area contributed by atoms with Gasteiger partial charge < -0.3 is 4.74 Å². The number of benzene rings is 2. The maximum absolute atomic E-state index is 11.6. The molecule has 0 atom stereocenters. The van der Waals surface area contributed by atoms with Crippen LogP contribution in [-0.4, -0.2) is 5.78 Å². The third-order valence-corrected chi connectivity index (χ3v) is 3.29. The van der Waals surface area contributed by atoms with Gasteiger partial charge in [-0.2, -0.15) is 5.26 Å². The van der Waals surface area contributed by atoms with Crippen LogP contribution in [0, 0.1) is 11.3 Å². The molecule has 100 valence electrons. The molecule has 3 nitrogen and oxygen atoms in total. The van der Waals surface area contributed by atoms with Crippen molar-refractivity contribution in [2.45, 2.75) is 13.5 Å². The molecule has 0 radical (unpaired) electrons. The van der Waals surface area contributed by atoms with E-state index in [0.29, 0.717) is 23.5 Å². The summed E-state index contributed by atoms with van der Waals surface area (Å²) in [5.74, 6) is 0.520. The Morgan fingerprint density at radius 2 is 1.95 bits per heavy atom. The molecule has 2 rings (SSSR count). The number of ether oxygens (including phenoxy) is 1. The van der Waals surface area contributed by atoms with Crippen LogP contribution in [0.2, 0.25) is 0 Å². The van der Waals surface area contributed by atoms with E-state index in [-0.39, 0.29) is 5.78 Å². The highest BCUT2D eigenvalue weighted by Crippen LogP contribution is 2.24. The summed E-state index contributed by atoms with van der Waals surface area (Å²) in [5.41, 5.74) is 2.11. The monoisotopic (exact) mass is 329 g/mol. The summed E-state index contributed by atoms with van der Waals surface area (Å²) in [5, 5.41) is 8.74. The van der Waals surface area contributed by atoms with Crippen molar-refractivity contribution in [1.29, 1.82) is 5.26 Å². The molecular weight excluding hydrogens is 318 g/mol. The molecular formula is C16H12BrNO2. The topological polar surface area (TPSA) is 50.1 Å². The first kappa shape index (κ1) is 14.3. The molecule has 2 aromatic rings. The summed E-state index contributed by atoms with van der Waals surface area (Å²) in [4.78, 5) is 11.6. The Labute approximate surface area is 125 Å². The van der Waals surface area contributed by atoms with Gasteiger partial charge in [-0.1, -0.05) is 28.1 Å². The van der Waals surface area contributed by atoms with Crippen LogP contribution in [0.1, 0.15) is 28.4 Å². The molecule has 0 aliphatic carbocycles. The second kappa shape index (κ2) is 6.36. The normalized spacial score (nSPS) is 9.85. The fourth-order valence-corrected chi connectivity index (χ4v) is 2.10. The van der Waals surface area contributed by atoms with Crippen LogP contribution < -0.4 is 4.74 Å². The van der Waals surface area contributed by atoms with Crippen LogP contribution in [0.5, 0.6) is 5.75 Å². The standard InChI is InChI=1S/C16H12BrNO2/c1-11(19)15-8-14(17)6-7-16(15)20-10-13-4-2-12(9-18)3-5-13/h2-8H,10H2,1H3. The molecule has 0 unspecified atom stereocenters. The molecule has 4 heteroatoms. The minimum Gasteiger partial charge on any atom is -0.488 e. The molecule has 0 aromatic heterocycles. The van der Waals surface area contributed by atoms with Crippen LogP contribution >= 0.6 is 15.9 Å². The molecule has 0 heterocycles. The fraction of sp³-hybridized carbons (Fsp3) is 0.125. The Bertz CT molecular complexity index is 672. The Morgan fingerprint density at radius 3 is 2.55 bits per heavy atom. The third kappa shape index (κ3) is 3.46. The number of ketones is 1. The highest BCUT2D eigenvalue weighted by atomic mass is 79.9. The van der Waals surface area contributed by atoms with Crippen molar-refractivity contribution in [3.8, 4) is 11.8 Å². The first-order valence-electron chi connectivity index (χ1n) is 6.02. The molecule has 0 amide bonds. The number of nitrogens with zero attached hydrogens (tertiary/aromatic N) is 1. The van der Waals surface area contributed by atoms with E-state index >= 15 is 0 Å². The molecule has 2 aromatic carbocycles. The highest BCUT2D eigenvalue weighted by Gasteiger charge is 2.09. The van der Waals surface area contributed by atoms with E-state index in [4.69, 9.17) is 10.00 Å². The minimum absolute atomic E-state index is 0.0406. The molecule has 0 aliphatic rings. The second-order valence-electron chi connectivity index (χ2n) is 4.29. The van der Waals surface area contributed by atoms with Crippen LogP contribution in [-0.2, 0) is 6.61 Å². The Morgan fingerprint density at radius 1 is 1.25 bits per heavy atom. The van der Waals surface area contributed by atoms with Crippen molar-refractivity contribution in [2.75, 3.05) is 0 Å². The average molecular weight is 330 g/mol. The van der Waals surface area contributed by atoms with Gasteiger partial charge in [0.05, 0.1) is 17.2 Å². The van der Waals surface area contributed by atoms with E-state index in [9.17, 15) is 4.79 Å². The Balaban J connectivity index is 2.14. The third-order valence-electron chi connectivity index (χ3n) is 2.80. The highest BCUT2D eigenvalue weighted by molar-refractivity contribution is 9.10. The summed E-state index contributed by atoms with van der Waals surface area (Å²) < 4.78 is 6.53. The maximum Gasteiger partial charge on any atom is 0.163 e. The van der Waals surface area contributed by atoms with Gasteiger partial charge in [-0.15, -0.1) is 0 Å². The molecule has 0 N–H and O–H groups in total. The first-order valence-corrected chi connectivity index (χ1v) is 6.82. The SMILES string of the molecule is CC(=O)c1cc(Br)ccc1OCc1ccc(C#N)cc1. The van der Waals surface area contributed by atoms with Crippen LogP contribution in [0.3, 0.4) is 0 Å². The summed E-state index contributed by atoms with van der Waals surface area (Å²) in [6.45, 7) is 1.87. The second-order valence-corrected chi connectivity index (χ2v) is 5.21. The van der Waals surface area contributed by atoms with Crippen molar-refractivity contribution < 1.29 is 9.53 Å². The number of Topliss-reactive ketones (excluding diaryl/α,β-unsaturated/α-hetero) is 1. The van der Waals surface area contributed by atoms with E-state index in [1.54, 1.807) is 24.3 Å². The van der Waals surface area contributed by atoms with Gasteiger partial charge in [0, 0.05) is 4.47 Å². The van der Waals surface area contributed by atoms with Gasteiger partial charge in [0.2, 0.25) is 0 Å². The molecule has 20 heavy (non-hydrogen) atoms. The number of nitriles is 1. The fourth-order valence-electron chi connectivity index (χ4n) is 1.74. The van der Waals surface area contributed by atoms with Crippen LogP contribution in [0.15, 0.2) is 46.9 Å².